The third kappa shape index (κ3) is 2.81. The summed E-state index contributed by atoms with van der Waals surface area (Å²) < 4.78 is 67.4. The zero-order valence-corrected chi connectivity index (χ0v) is 12.5. The van der Waals surface area contributed by atoms with Gasteiger partial charge in [-0.3, -0.25) is 0 Å². The fraction of sp³-hybridized carbons (Fsp3) is 0.176. The van der Waals surface area contributed by atoms with Crippen LogP contribution in [0.2, 0.25) is 0 Å². The first-order valence-electron chi connectivity index (χ1n) is 7.00. The van der Waals surface area contributed by atoms with Gasteiger partial charge in [-0.25, -0.2) is 8.78 Å². The number of aromatic nitrogens is 1. The van der Waals surface area contributed by atoms with E-state index in [0.29, 0.717) is 17.2 Å². The van der Waals surface area contributed by atoms with E-state index >= 15 is 0 Å². The number of nitrogens with zero attached hydrogens (tertiary/aromatic N) is 1. The van der Waals surface area contributed by atoms with Crippen molar-refractivity contribution >= 4 is 10.8 Å². The molecule has 2 nitrogen and oxygen atoms in total. The molecule has 0 aliphatic rings. The first kappa shape index (κ1) is 16.3. The van der Waals surface area contributed by atoms with Gasteiger partial charge in [0.05, 0.1) is 17.5 Å². The Balaban J connectivity index is 2.13. The Morgan fingerprint density at radius 3 is 2.42 bits per heavy atom. The van der Waals surface area contributed by atoms with Crippen molar-refractivity contribution < 1.29 is 27.1 Å². The van der Waals surface area contributed by atoms with Gasteiger partial charge in [-0.05, 0) is 36.2 Å². The first-order chi connectivity index (χ1) is 11.2. The summed E-state index contributed by atoms with van der Waals surface area (Å²) in [7, 11) is 0. The Morgan fingerprint density at radius 1 is 1.08 bits per heavy atom. The highest BCUT2D eigenvalue weighted by atomic mass is 19.4. The van der Waals surface area contributed by atoms with Crippen LogP contribution in [0.1, 0.15) is 16.7 Å². The molecule has 0 bridgehead atoms. The van der Waals surface area contributed by atoms with Crippen LogP contribution in [0.3, 0.4) is 0 Å². The summed E-state index contributed by atoms with van der Waals surface area (Å²) in [5.41, 5.74) is -0.353. The van der Waals surface area contributed by atoms with Crippen LogP contribution in [0.5, 0.6) is 5.88 Å². The second kappa shape index (κ2) is 5.51. The SMILES string of the molecule is Cc1ccc(Cn2cc3cc(F)cc(C(F)(F)F)c3c2O)cc1F. The molecular weight excluding hydrogens is 329 g/mol. The summed E-state index contributed by atoms with van der Waals surface area (Å²) in [6, 6.07) is 5.64. The number of aromatic hydroxyl groups is 1. The van der Waals surface area contributed by atoms with Gasteiger partial charge < -0.3 is 9.67 Å². The van der Waals surface area contributed by atoms with E-state index in [1.165, 1.54) is 18.3 Å². The van der Waals surface area contributed by atoms with E-state index in [9.17, 15) is 27.1 Å². The minimum Gasteiger partial charge on any atom is -0.494 e. The quantitative estimate of drug-likeness (QED) is 0.652. The van der Waals surface area contributed by atoms with Gasteiger partial charge in [-0.2, -0.15) is 13.2 Å². The summed E-state index contributed by atoms with van der Waals surface area (Å²) >= 11 is 0. The lowest BCUT2D eigenvalue weighted by atomic mass is 10.1. The highest BCUT2D eigenvalue weighted by Gasteiger charge is 2.35. The third-order valence-electron chi connectivity index (χ3n) is 3.82. The number of hydrogen-bond acceptors (Lipinski definition) is 1. The molecule has 0 radical (unpaired) electrons. The molecule has 1 aromatic heterocycles. The molecule has 0 fully saturated rings. The molecule has 0 saturated heterocycles. The molecule has 0 aliphatic carbocycles. The van der Waals surface area contributed by atoms with Crippen LogP contribution in [0.4, 0.5) is 22.0 Å². The van der Waals surface area contributed by atoms with Crippen molar-refractivity contribution in [2.75, 3.05) is 0 Å². The molecular formula is C17H12F5NO. The van der Waals surface area contributed by atoms with E-state index in [1.54, 1.807) is 13.0 Å². The Morgan fingerprint density at radius 2 is 1.79 bits per heavy atom. The van der Waals surface area contributed by atoms with Crippen LogP contribution in [-0.2, 0) is 12.7 Å². The predicted molar refractivity (Wildman–Crippen MR) is 78.8 cm³/mol. The van der Waals surface area contributed by atoms with Gasteiger partial charge in [0.2, 0.25) is 0 Å². The van der Waals surface area contributed by atoms with E-state index in [-0.39, 0.29) is 11.9 Å². The van der Waals surface area contributed by atoms with Crippen molar-refractivity contribution in [2.24, 2.45) is 0 Å². The summed E-state index contributed by atoms with van der Waals surface area (Å²) in [5, 5.41) is 9.60. The number of rotatable bonds is 2. The molecule has 0 saturated carbocycles. The minimum absolute atomic E-state index is 0.0450. The molecule has 3 aromatic rings. The minimum atomic E-state index is -4.81. The lowest BCUT2D eigenvalue weighted by Gasteiger charge is -2.09. The lowest BCUT2D eigenvalue weighted by molar-refractivity contribution is -0.136. The smallest absolute Gasteiger partial charge is 0.417 e. The molecule has 0 aliphatic heterocycles. The fourth-order valence-electron chi connectivity index (χ4n) is 2.63. The van der Waals surface area contributed by atoms with Gasteiger partial charge in [-0.15, -0.1) is 0 Å². The van der Waals surface area contributed by atoms with E-state index in [4.69, 9.17) is 0 Å². The molecule has 24 heavy (non-hydrogen) atoms. The Bertz CT molecular complexity index is 927. The van der Waals surface area contributed by atoms with Gasteiger partial charge >= 0.3 is 6.18 Å². The Hall–Kier alpha value is -2.57. The fourth-order valence-corrected chi connectivity index (χ4v) is 2.63. The zero-order valence-electron chi connectivity index (χ0n) is 12.5. The second-order valence-electron chi connectivity index (χ2n) is 5.58. The number of alkyl halides is 3. The number of halogens is 5. The number of benzene rings is 2. The van der Waals surface area contributed by atoms with E-state index < -0.39 is 34.6 Å². The van der Waals surface area contributed by atoms with Crippen molar-refractivity contribution in [1.82, 2.24) is 4.57 Å². The number of fused-ring (bicyclic) bond motifs is 1. The van der Waals surface area contributed by atoms with E-state index in [0.717, 1.165) is 10.6 Å². The van der Waals surface area contributed by atoms with E-state index in [1.807, 2.05) is 0 Å². The van der Waals surface area contributed by atoms with Crippen molar-refractivity contribution in [3.63, 3.8) is 0 Å². The van der Waals surface area contributed by atoms with Gasteiger partial charge in [0.25, 0.3) is 0 Å². The highest BCUT2D eigenvalue weighted by Crippen LogP contribution is 2.40. The summed E-state index contributed by atoms with van der Waals surface area (Å²) in [4.78, 5) is 0. The first-order valence-corrected chi connectivity index (χ1v) is 7.00. The second-order valence-corrected chi connectivity index (χ2v) is 5.58. The Kier molecular flexibility index (Phi) is 3.74. The number of aryl methyl sites for hydroxylation is 1. The Labute approximate surface area is 133 Å². The molecule has 1 heterocycles. The molecule has 126 valence electrons. The van der Waals surface area contributed by atoms with Crippen LogP contribution in [0.15, 0.2) is 36.5 Å². The van der Waals surface area contributed by atoms with Crippen LogP contribution >= 0.6 is 0 Å². The normalized spacial score (nSPS) is 12.1. The maximum atomic E-state index is 13.6. The monoisotopic (exact) mass is 341 g/mol. The van der Waals surface area contributed by atoms with Crippen molar-refractivity contribution in [3.05, 3.63) is 64.9 Å². The average molecular weight is 341 g/mol. The zero-order chi connectivity index (χ0) is 17.6. The van der Waals surface area contributed by atoms with Gasteiger partial charge in [0.15, 0.2) is 5.88 Å². The molecule has 3 rings (SSSR count). The molecule has 2 aromatic carbocycles. The topological polar surface area (TPSA) is 25.2 Å². The van der Waals surface area contributed by atoms with Crippen molar-refractivity contribution in [1.29, 1.82) is 0 Å². The predicted octanol–water partition coefficient (Wildman–Crippen LogP) is 5.00. The molecule has 0 amide bonds. The standard InChI is InChI=1S/C17H12F5NO/c1-9-2-3-10(4-14(9)19)7-23-8-11-5-12(18)6-13(17(20,21)22)15(11)16(23)24/h2-6,8,24H,7H2,1H3. The average Bonchev–Trinajstić information content (AvgIpc) is 2.77. The highest BCUT2D eigenvalue weighted by molar-refractivity contribution is 5.91. The summed E-state index contributed by atoms with van der Waals surface area (Å²) in [5.74, 6) is -2.14. The maximum absolute atomic E-state index is 13.6. The van der Waals surface area contributed by atoms with Crippen molar-refractivity contribution in [3.8, 4) is 5.88 Å². The number of hydrogen-bond donors (Lipinski definition) is 1. The molecule has 1 N–H and O–H groups in total. The van der Waals surface area contributed by atoms with Crippen molar-refractivity contribution in [2.45, 2.75) is 19.6 Å². The van der Waals surface area contributed by atoms with Crippen LogP contribution in [0, 0.1) is 18.6 Å². The summed E-state index contributed by atoms with van der Waals surface area (Å²) in [6.45, 7) is 1.54. The maximum Gasteiger partial charge on any atom is 0.417 e. The third-order valence-corrected chi connectivity index (χ3v) is 3.82. The summed E-state index contributed by atoms with van der Waals surface area (Å²) in [6.07, 6.45) is -3.60. The van der Waals surface area contributed by atoms with Gasteiger partial charge in [0, 0.05) is 11.6 Å². The largest absolute Gasteiger partial charge is 0.494 e. The van der Waals surface area contributed by atoms with Crippen LogP contribution in [-0.4, -0.2) is 9.67 Å². The molecule has 0 unspecified atom stereocenters. The molecule has 0 atom stereocenters. The van der Waals surface area contributed by atoms with Gasteiger partial charge in [0.1, 0.15) is 11.6 Å². The lowest BCUT2D eigenvalue weighted by Crippen LogP contribution is -2.06. The van der Waals surface area contributed by atoms with Gasteiger partial charge in [-0.1, -0.05) is 12.1 Å². The molecule has 0 spiro atoms. The van der Waals surface area contributed by atoms with Crippen LogP contribution < -0.4 is 0 Å². The van der Waals surface area contributed by atoms with Crippen LogP contribution in [0.25, 0.3) is 10.8 Å². The molecule has 7 heteroatoms. The van der Waals surface area contributed by atoms with E-state index in [2.05, 4.69) is 0 Å².